The number of hydrogen-bond acceptors (Lipinski definition) is 6. The van der Waals surface area contributed by atoms with Crippen LogP contribution in [-0.4, -0.2) is 24.7 Å². The lowest BCUT2D eigenvalue weighted by atomic mass is 10.2. The number of fused-ring (bicyclic) bond motifs is 1. The number of thiophene rings is 1. The Kier molecular flexibility index (Phi) is 7.57. The zero-order chi connectivity index (χ0) is 23.9. The second-order valence-electron chi connectivity index (χ2n) is 7.25. The number of carbonyl (C=O) groups is 2. The number of esters is 1. The molecular weight excluding hydrogens is 472 g/mol. The Balaban J connectivity index is 1.37. The van der Waals surface area contributed by atoms with Gasteiger partial charge < -0.3 is 9.47 Å². The third-order valence-corrected chi connectivity index (χ3v) is 6.59. The minimum Gasteiger partial charge on any atom is -0.484 e. The van der Waals surface area contributed by atoms with E-state index in [9.17, 15) is 9.59 Å². The van der Waals surface area contributed by atoms with E-state index in [1.807, 2.05) is 48.5 Å². The number of benzene rings is 3. The molecule has 0 spiro atoms. The first-order valence-corrected chi connectivity index (χ1v) is 11.8. The zero-order valence-corrected chi connectivity index (χ0v) is 19.9. The van der Waals surface area contributed by atoms with Crippen molar-refractivity contribution in [2.45, 2.75) is 13.3 Å². The fourth-order valence-corrected chi connectivity index (χ4v) is 4.53. The first kappa shape index (κ1) is 23.5. The number of halogens is 1. The number of ether oxygens (including phenoxy) is 2. The van der Waals surface area contributed by atoms with Gasteiger partial charge in [-0.15, -0.1) is 11.3 Å². The van der Waals surface area contributed by atoms with Gasteiger partial charge in [0.1, 0.15) is 16.4 Å². The van der Waals surface area contributed by atoms with Gasteiger partial charge in [0.25, 0.3) is 5.91 Å². The Morgan fingerprint density at radius 3 is 2.53 bits per heavy atom. The lowest BCUT2D eigenvalue weighted by Gasteiger charge is -2.07. The molecule has 0 atom stereocenters. The summed E-state index contributed by atoms with van der Waals surface area (Å²) < 4.78 is 12.0. The first-order chi connectivity index (χ1) is 16.5. The molecule has 0 saturated heterocycles. The molecule has 0 unspecified atom stereocenters. The van der Waals surface area contributed by atoms with Gasteiger partial charge in [0, 0.05) is 15.6 Å². The number of hydrazone groups is 1. The van der Waals surface area contributed by atoms with E-state index < -0.39 is 11.9 Å². The second kappa shape index (κ2) is 11.0. The van der Waals surface area contributed by atoms with Crippen LogP contribution in [0.15, 0.2) is 77.9 Å². The fourth-order valence-electron chi connectivity index (χ4n) is 3.15. The van der Waals surface area contributed by atoms with Crippen molar-refractivity contribution in [1.82, 2.24) is 5.43 Å². The number of rotatable bonds is 8. The summed E-state index contributed by atoms with van der Waals surface area (Å²) in [4.78, 5) is 25.1. The maximum atomic E-state index is 12.8. The lowest BCUT2D eigenvalue weighted by molar-refractivity contribution is -0.123. The third kappa shape index (κ3) is 5.62. The van der Waals surface area contributed by atoms with Gasteiger partial charge >= 0.3 is 5.97 Å². The van der Waals surface area contributed by atoms with Crippen LogP contribution < -0.4 is 14.9 Å². The van der Waals surface area contributed by atoms with Crippen molar-refractivity contribution in [3.05, 3.63) is 93.8 Å². The molecule has 172 valence electrons. The van der Waals surface area contributed by atoms with Crippen molar-refractivity contribution >= 4 is 51.1 Å². The predicted octanol–water partition coefficient (Wildman–Crippen LogP) is 5.87. The Hall–Kier alpha value is -3.68. The predicted molar refractivity (Wildman–Crippen MR) is 135 cm³/mol. The summed E-state index contributed by atoms with van der Waals surface area (Å²) in [5, 5.41) is 5.13. The van der Waals surface area contributed by atoms with E-state index in [0.717, 1.165) is 16.5 Å². The van der Waals surface area contributed by atoms with E-state index in [2.05, 4.69) is 17.5 Å². The molecule has 1 aromatic heterocycles. The minimum atomic E-state index is -0.557. The van der Waals surface area contributed by atoms with Crippen molar-refractivity contribution in [1.29, 1.82) is 0 Å². The van der Waals surface area contributed by atoms with E-state index in [-0.39, 0.29) is 6.61 Å². The molecule has 0 saturated carbocycles. The van der Waals surface area contributed by atoms with E-state index in [0.29, 0.717) is 27.0 Å². The zero-order valence-electron chi connectivity index (χ0n) is 18.3. The molecular formula is C26H21ClN2O4S. The van der Waals surface area contributed by atoms with Crippen LogP contribution in [0.5, 0.6) is 11.5 Å². The lowest BCUT2D eigenvalue weighted by Crippen LogP contribution is -2.24. The molecule has 1 N–H and O–H groups in total. The van der Waals surface area contributed by atoms with Gasteiger partial charge in [0.15, 0.2) is 6.61 Å². The summed E-state index contributed by atoms with van der Waals surface area (Å²) in [7, 11) is 0. The van der Waals surface area contributed by atoms with E-state index in [4.69, 9.17) is 21.1 Å². The van der Waals surface area contributed by atoms with Gasteiger partial charge in [-0.05, 0) is 42.3 Å². The topological polar surface area (TPSA) is 77.0 Å². The molecule has 0 aliphatic rings. The summed E-state index contributed by atoms with van der Waals surface area (Å²) in [5.41, 5.74) is 4.12. The van der Waals surface area contributed by atoms with Gasteiger partial charge in [0.2, 0.25) is 0 Å². The minimum absolute atomic E-state index is 0.177. The first-order valence-electron chi connectivity index (χ1n) is 10.6. The quantitative estimate of drug-likeness (QED) is 0.144. The van der Waals surface area contributed by atoms with Crippen molar-refractivity contribution in [2.24, 2.45) is 5.10 Å². The SMILES string of the molecule is CCc1ccc(OCC(=O)N/N=C\c2ccccc2OC(=O)c2sc3ccccc3c2Cl)cc1. The summed E-state index contributed by atoms with van der Waals surface area (Å²) >= 11 is 7.66. The molecule has 6 nitrogen and oxygen atoms in total. The highest BCUT2D eigenvalue weighted by Gasteiger charge is 2.19. The average molecular weight is 493 g/mol. The summed E-state index contributed by atoms with van der Waals surface area (Å²) in [6, 6.07) is 21.9. The number of hydrogen-bond donors (Lipinski definition) is 1. The standard InChI is InChI=1S/C26H21ClN2O4S/c1-2-17-11-13-19(14-12-17)32-16-23(30)29-28-15-18-7-3-5-9-21(18)33-26(31)25-24(27)20-8-4-6-10-22(20)34-25/h3-15H,2,16H2,1H3,(H,29,30)/b28-15-. The largest absolute Gasteiger partial charge is 0.484 e. The Labute approximate surface area is 205 Å². The number of aryl methyl sites for hydroxylation is 1. The maximum absolute atomic E-state index is 12.8. The number of nitrogens with one attached hydrogen (secondary N) is 1. The molecule has 3 aromatic carbocycles. The Morgan fingerprint density at radius 2 is 1.76 bits per heavy atom. The van der Waals surface area contributed by atoms with Crippen molar-refractivity contribution in [2.75, 3.05) is 6.61 Å². The van der Waals surface area contributed by atoms with Crippen molar-refractivity contribution in [3.63, 3.8) is 0 Å². The molecule has 0 aliphatic heterocycles. The van der Waals surface area contributed by atoms with Gasteiger partial charge in [-0.1, -0.05) is 61.0 Å². The molecule has 1 heterocycles. The van der Waals surface area contributed by atoms with Crippen LogP contribution in [0.1, 0.15) is 27.7 Å². The highest BCUT2D eigenvalue weighted by molar-refractivity contribution is 7.21. The maximum Gasteiger partial charge on any atom is 0.355 e. The number of amides is 1. The van der Waals surface area contributed by atoms with Crippen molar-refractivity contribution < 1.29 is 19.1 Å². The van der Waals surface area contributed by atoms with Gasteiger partial charge in [-0.25, -0.2) is 10.2 Å². The Morgan fingerprint density at radius 1 is 1.03 bits per heavy atom. The molecule has 4 aromatic rings. The van der Waals surface area contributed by atoms with Crippen LogP contribution in [0, 0.1) is 0 Å². The van der Waals surface area contributed by atoms with E-state index >= 15 is 0 Å². The highest BCUT2D eigenvalue weighted by atomic mass is 35.5. The number of para-hydroxylation sites is 1. The molecule has 0 bridgehead atoms. The summed E-state index contributed by atoms with van der Waals surface area (Å²) in [6.07, 6.45) is 2.34. The monoisotopic (exact) mass is 492 g/mol. The Bertz CT molecular complexity index is 1350. The van der Waals surface area contributed by atoms with Gasteiger partial charge in [0.05, 0.1) is 11.2 Å². The van der Waals surface area contributed by atoms with Crippen LogP contribution in [0.25, 0.3) is 10.1 Å². The van der Waals surface area contributed by atoms with E-state index in [1.165, 1.54) is 23.1 Å². The van der Waals surface area contributed by atoms with Crippen LogP contribution in [0.3, 0.4) is 0 Å². The number of carbonyl (C=O) groups excluding carboxylic acids is 2. The van der Waals surface area contributed by atoms with Crippen LogP contribution in [0.4, 0.5) is 0 Å². The third-order valence-electron chi connectivity index (χ3n) is 4.94. The molecule has 0 fully saturated rings. The molecule has 8 heteroatoms. The molecule has 0 aliphatic carbocycles. The van der Waals surface area contributed by atoms with Crippen molar-refractivity contribution in [3.8, 4) is 11.5 Å². The smallest absolute Gasteiger partial charge is 0.355 e. The van der Waals surface area contributed by atoms with Crippen LogP contribution in [0.2, 0.25) is 5.02 Å². The summed E-state index contributed by atoms with van der Waals surface area (Å²) in [5.74, 6) is -0.0688. The highest BCUT2D eigenvalue weighted by Crippen LogP contribution is 2.36. The molecule has 0 radical (unpaired) electrons. The molecule has 34 heavy (non-hydrogen) atoms. The fraction of sp³-hybridized carbons (Fsp3) is 0.115. The normalized spacial score (nSPS) is 11.0. The van der Waals surface area contributed by atoms with E-state index in [1.54, 1.807) is 24.3 Å². The average Bonchev–Trinajstić information content (AvgIpc) is 3.21. The van der Waals surface area contributed by atoms with Crippen LogP contribution >= 0.6 is 22.9 Å². The van der Waals surface area contributed by atoms with Gasteiger partial charge in [-0.2, -0.15) is 5.10 Å². The molecule has 4 rings (SSSR count). The molecule has 1 amide bonds. The second-order valence-corrected chi connectivity index (χ2v) is 8.68. The van der Waals surface area contributed by atoms with Gasteiger partial charge in [-0.3, -0.25) is 4.79 Å². The van der Waals surface area contributed by atoms with Crippen LogP contribution in [-0.2, 0) is 11.2 Å². The number of nitrogens with zero attached hydrogens (tertiary/aromatic N) is 1. The summed E-state index contributed by atoms with van der Waals surface area (Å²) in [6.45, 7) is 1.89.